The SMILES string of the molecule is CCCCCCCCCC(=O)C[C@@]12CC[C@@]3(O)[C@@H](C=C(CO)C[C@]4(O)C(=O)C(C)=C[C@@H]34)C1C2(C)C. The van der Waals surface area contributed by atoms with E-state index in [1.165, 1.54) is 32.1 Å². The summed E-state index contributed by atoms with van der Waals surface area (Å²) in [6.07, 6.45) is 14.4. The zero-order chi connectivity index (χ0) is 25.6. The van der Waals surface area contributed by atoms with E-state index in [9.17, 15) is 24.9 Å². The molecule has 5 heteroatoms. The monoisotopic (exact) mass is 486 g/mol. The molecule has 5 nitrogen and oxygen atoms in total. The van der Waals surface area contributed by atoms with Crippen LogP contribution < -0.4 is 0 Å². The maximum absolute atomic E-state index is 13.1. The van der Waals surface area contributed by atoms with E-state index in [1.807, 2.05) is 6.08 Å². The lowest BCUT2D eigenvalue weighted by atomic mass is 9.62. The minimum absolute atomic E-state index is 0.0526. The number of Topliss-reactive ketones (excluding diaryl/α,β-unsaturated/α-hetero) is 2. The number of aliphatic hydroxyl groups is 3. The molecular formula is C30H46O5. The van der Waals surface area contributed by atoms with Gasteiger partial charge in [0.2, 0.25) is 0 Å². The van der Waals surface area contributed by atoms with Crippen molar-refractivity contribution in [3.63, 3.8) is 0 Å². The topological polar surface area (TPSA) is 94.8 Å². The molecule has 4 rings (SSSR count). The third-order valence-corrected chi connectivity index (χ3v) is 10.4. The Bertz CT molecular complexity index is 916. The van der Waals surface area contributed by atoms with Gasteiger partial charge in [-0.2, -0.15) is 0 Å². The fourth-order valence-corrected chi connectivity index (χ4v) is 8.35. The van der Waals surface area contributed by atoms with Crippen molar-refractivity contribution in [3.8, 4) is 0 Å². The zero-order valence-corrected chi connectivity index (χ0v) is 22.2. The second-order valence-corrected chi connectivity index (χ2v) is 12.7. The number of fused-ring (bicyclic) bond motifs is 5. The average Bonchev–Trinajstić information content (AvgIpc) is 3.23. The molecule has 0 radical (unpaired) electrons. The lowest BCUT2D eigenvalue weighted by Gasteiger charge is -2.47. The number of rotatable bonds is 11. The molecular weight excluding hydrogens is 440 g/mol. The standard InChI is InChI=1S/C30H46O5/c1-5-6-7-8-9-10-11-12-22(32)18-28-13-14-29(34)23(25(28)27(28,3)4)16-21(19-31)17-30(35)24(29)15-20(2)26(30)33/h15-16,23-25,31,34-35H,5-14,17-19H2,1-4H3/t23-,24-,25?,28-,29+,30+/m0/s1. The van der Waals surface area contributed by atoms with Crippen LogP contribution in [-0.4, -0.2) is 44.7 Å². The van der Waals surface area contributed by atoms with Crippen molar-refractivity contribution < 1.29 is 24.9 Å². The van der Waals surface area contributed by atoms with E-state index in [0.29, 0.717) is 36.2 Å². The summed E-state index contributed by atoms with van der Waals surface area (Å²) in [5.74, 6) is -0.921. The van der Waals surface area contributed by atoms with Crippen molar-refractivity contribution in [2.45, 2.75) is 116 Å². The lowest BCUT2D eigenvalue weighted by Crippen LogP contribution is -2.56. The molecule has 0 bridgehead atoms. The highest BCUT2D eigenvalue weighted by Gasteiger charge is 2.78. The van der Waals surface area contributed by atoms with E-state index < -0.39 is 17.1 Å². The summed E-state index contributed by atoms with van der Waals surface area (Å²) in [6, 6.07) is 0. The quantitative estimate of drug-likeness (QED) is 0.280. The van der Waals surface area contributed by atoms with Gasteiger partial charge in [0.1, 0.15) is 11.4 Å². The molecule has 2 fully saturated rings. The Balaban J connectivity index is 1.50. The molecule has 0 heterocycles. The molecule has 0 amide bonds. The number of carbonyl (C=O) groups is 2. The summed E-state index contributed by atoms with van der Waals surface area (Å²) >= 11 is 0. The Morgan fingerprint density at radius 3 is 2.34 bits per heavy atom. The third-order valence-electron chi connectivity index (χ3n) is 10.4. The Morgan fingerprint density at radius 2 is 1.69 bits per heavy atom. The molecule has 2 saturated carbocycles. The van der Waals surface area contributed by atoms with Crippen LogP contribution in [0.5, 0.6) is 0 Å². The highest BCUT2D eigenvalue weighted by Crippen LogP contribution is 2.80. The Kier molecular flexibility index (Phi) is 7.29. The highest BCUT2D eigenvalue weighted by atomic mass is 16.3. The van der Waals surface area contributed by atoms with Gasteiger partial charge in [-0.25, -0.2) is 0 Å². The minimum Gasteiger partial charge on any atom is -0.392 e. The normalized spacial score (nSPS) is 39.2. The van der Waals surface area contributed by atoms with Gasteiger partial charge in [0.05, 0.1) is 12.2 Å². The summed E-state index contributed by atoms with van der Waals surface area (Å²) < 4.78 is 0. The Morgan fingerprint density at radius 1 is 1.03 bits per heavy atom. The van der Waals surface area contributed by atoms with Crippen molar-refractivity contribution >= 4 is 11.6 Å². The predicted molar refractivity (Wildman–Crippen MR) is 137 cm³/mol. The molecule has 4 aliphatic rings. The van der Waals surface area contributed by atoms with E-state index in [4.69, 9.17) is 0 Å². The fraction of sp³-hybridized carbons (Fsp3) is 0.800. The van der Waals surface area contributed by atoms with Crippen LogP contribution in [0.2, 0.25) is 0 Å². The number of hydrogen-bond acceptors (Lipinski definition) is 5. The highest BCUT2D eigenvalue weighted by molar-refractivity contribution is 6.04. The van der Waals surface area contributed by atoms with Crippen molar-refractivity contribution in [1.29, 1.82) is 0 Å². The maximum Gasteiger partial charge on any atom is 0.190 e. The van der Waals surface area contributed by atoms with Gasteiger partial charge in [0.15, 0.2) is 5.78 Å². The van der Waals surface area contributed by atoms with Crippen molar-refractivity contribution in [2.24, 2.45) is 28.6 Å². The van der Waals surface area contributed by atoms with Gasteiger partial charge in [-0.3, -0.25) is 9.59 Å². The van der Waals surface area contributed by atoms with Gasteiger partial charge in [-0.1, -0.05) is 71.4 Å². The van der Waals surface area contributed by atoms with Gasteiger partial charge in [-0.15, -0.1) is 0 Å². The molecule has 35 heavy (non-hydrogen) atoms. The molecule has 3 N–H and O–H groups in total. The molecule has 6 atom stereocenters. The minimum atomic E-state index is -1.70. The molecule has 0 aliphatic heterocycles. The number of hydrogen-bond donors (Lipinski definition) is 3. The van der Waals surface area contributed by atoms with Crippen molar-refractivity contribution in [3.05, 3.63) is 23.3 Å². The fourth-order valence-electron chi connectivity index (χ4n) is 8.35. The molecule has 0 aromatic heterocycles. The Hall–Kier alpha value is -1.30. The predicted octanol–water partition coefficient (Wildman–Crippen LogP) is 5.07. The van der Waals surface area contributed by atoms with E-state index in [-0.39, 0.29) is 41.5 Å². The van der Waals surface area contributed by atoms with Crippen molar-refractivity contribution in [2.75, 3.05) is 6.61 Å². The number of ketones is 2. The second kappa shape index (κ2) is 9.54. The van der Waals surface area contributed by atoms with E-state index in [2.05, 4.69) is 20.8 Å². The molecule has 0 aromatic carbocycles. The summed E-state index contributed by atoms with van der Waals surface area (Å²) in [4.78, 5) is 26.0. The number of carbonyl (C=O) groups excluding carboxylic acids is 2. The summed E-state index contributed by atoms with van der Waals surface area (Å²) in [5.41, 5.74) is -2.15. The molecule has 196 valence electrons. The first-order chi connectivity index (χ1) is 16.5. The summed E-state index contributed by atoms with van der Waals surface area (Å²) in [6.45, 7) is 8.08. The molecule has 4 aliphatic carbocycles. The van der Waals surface area contributed by atoms with E-state index in [1.54, 1.807) is 13.0 Å². The number of unbranched alkanes of at least 4 members (excludes halogenated alkanes) is 6. The van der Waals surface area contributed by atoms with Crippen LogP contribution in [0.25, 0.3) is 0 Å². The first-order valence-corrected chi connectivity index (χ1v) is 14.0. The van der Waals surface area contributed by atoms with Gasteiger partial charge in [-0.05, 0) is 54.1 Å². The van der Waals surface area contributed by atoms with Crippen LogP contribution in [0, 0.1) is 28.6 Å². The molecule has 0 spiro atoms. The third kappa shape index (κ3) is 4.20. The van der Waals surface area contributed by atoms with Gasteiger partial charge in [0.25, 0.3) is 0 Å². The molecule has 0 aromatic rings. The van der Waals surface area contributed by atoms with Crippen LogP contribution in [0.1, 0.15) is 105 Å². The number of aliphatic hydroxyl groups excluding tert-OH is 1. The maximum atomic E-state index is 13.1. The first kappa shape index (κ1) is 26.8. The summed E-state index contributed by atoms with van der Waals surface area (Å²) in [7, 11) is 0. The van der Waals surface area contributed by atoms with Crippen LogP contribution in [-0.2, 0) is 9.59 Å². The van der Waals surface area contributed by atoms with Gasteiger partial charge in [0, 0.05) is 31.1 Å². The zero-order valence-electron chi connectivity index (χ0n) is 22.2. The van der Waals surface area contributed by atoms with Gasteiger partial charge < -0.3 is 15.3 Å². The van der Waals surface area contributed by atoms with Crippen LogP contribution in [0.15, 0.2) is 23.3 Å². The van der Waals surface area contributed by atoms with Crippen molar-refractivity contribution in [1.82, 2.24) is 0 Å². The average molecular weight is 487 g/mol. The van der Waals surface area contributed by atoms with E-state index >= 15 is 0 Å². The second-order valence-electron chi connectivity index (χ2n) is 12.7. The van der Waals surface area contributed by atoms with Crippen LogP contribution in [0.4, 0.5) is 0 Å². The first-order valence-electron chi connectivity index (χ1n) is 14.0. The summed E-state index contributed by atoms with van der Waals surface area (Å²) in [5, 5.41) is 33.7. The smallest absolute Gasteiger partial charge is 0.190 e. The molecule has 1 unspecified atom stereocenters. The largest absolute Gasteiger partial charge is 0.392 e. The van der Waals surface area contributed by atoms with Gasteiger partial charge >= 0.3 is 0 Å². The lowest BCUT2D eigenvalue weighted by molar-refractivity contribution is -0.158. The van der Waals surface area contributed by atoms with E-state index in [0.717, 1.165) is 19.3 Å². The molecule has 0 saturated heterocycles. The van der Waals surface area contributed by atoms with Crippen LogP contribution in [0.3, 0.4) is 0 Å². The Labute approximate surface area is 211 Å². The van der Waals surface area contributed by atoms with Crippen LogP contribution >= 0.6 is 0 Å².